The Labute approximate surface area is 194 Å². The Balaban J connectivity index is 1.38. The van der Waals surface area contributed by atoms with Gasteiger partial charge in [0, 0.05) is 25.7 Å². The van der Waals surface area contributed by atoms with Crippen LogP contribution in [-0.2, 0) is 23.2 Å². The summed E-state index contributed by atoms with van der Waals surface area (Å²) in [5.74, 6) is -0.345. The average Bonchev–Trinajstić information content (AvgIpc) is 3.48. The van der Waals surface area contributed by atoms with Crippen molar-refractivity contribution in [3.63, 3.8) is 0 Å². The van der Waals surface area contributed by atoms with Gasteiger partial charge in [-0.1, -0.05) is 12.8 Å². The van der Waals surface area contributed by atoms with E-state index in [1.807, 2.05) is 42.9 Å². The summed E-state index contributed by atoms with van der Waals surface area (Å²) in [4.78, 5) is 30.0. The Morgan fingerprint density at radius 3 is 2.55 bits per heavy atom. The summed E-state index contributed by atoms with van der Waals surface area (Å²) in [7, 11) is 3.70. The first-order valence-corrected chi connectivity index (χ1v) is 11.8. The molecule has 0 unspecified atom stereocenters. The van der Waals surface area contributed by atoms with Gasteiger partial charge in [0.1, 0.15) is 12.4 Å². The lowest BCUT2D eigenvalue weighted by Gasteiger charge is -2.27. The molecule has 1 aromatic heterocycles. The highest BCUT2D eigenvalue weighted by Gasteiger charge is 2.28. The fourth-order valence-corrected chi connectivity index (χ4v) is 4.90. The van der Waals surface area contributed by atoms with Crippen molar-refractivity contribution in [3.8, 4) is 17.0 Å². The molecule has 8 heteroatoms. The van der Waals surface area contributed by atoms with Crippen molar-refractivity contribution in [1.29, 1.82) is 0 Å². The first kappa shape index (κ1) is 23.1. The number of rotatable bonds is 7. The summed E-state index contributed by atoms with van der Waals surface area (Å²) in [5, 5.41) is 9.28. The smallest absolute Gasteiger partial charge is 0.410 e. The number of aliphatic carboxylic acids is 1. The second-order valence-electron chi connectivity index (χ2n) is 9.22. The summed E-state index contributed by atoms with van der Waals surface area (Å²) in [6.07, 6.45) is 8.74. The van der Waals surface area contributed by atoms with Crippen LogP contribution in [0.5, 0.6) is 5.75 Å². The Bertz CT molecular complexity index is 965. The molecular formula is C25H33N3O5. The van der Waals surface area contributed by atoms with E-state index in [1.54, 1.807) is 11.2 Å². The number of aryl methyl sites for hydroxylation is 1. The van der Waals surface area contributed by atoms with E-state index in [-0.39, 0.29) is 30.8 Å². The molecule has 8 nitrogen and oxygen atoms in total. The number of carbonyl (C=O) groups excluding carboxylic acids is 1. The standard InChI is InChI=1S/C25H33N3O5/c1-27-16-26-23(22(27)15-32-25(31)28(2)19-7-3-4-8-19)17-10-12-20(13-11-17)33-21-9-5-6-18(14-21)24(29)30/h10-13,16,18-19,21H,3-9,14-15H2,1-2H3,(H,29,30)/t18-,21-/m0/s1. The van der Waals surface area contributed by atoms with Crippen LogP contribution < -0.4 is 4.74 Å². The third-order valence-electron chi connectivity index (χ3n) is 6.96. The van der Waals surface area contributed by atoms with E-state index >= 15 is 0 Å². The minimum atomic E-state index is -0.739. The molecule has 2 aromatic rings. The molecule has 0 spiro atoms. The molecule has 0 aliphatic heterocycles. The highest BCUT2D eigenvalue weighted by Crippen LogP contribution is 2.30. The quantitative estimate of drug-likeness (QED) is 0.655. The number of benzene rings is 1. The number of nitrogens with zero attached hydrogens (tertiary/aromatic N) is 3. The summed E-state index contributed by atoms with van der Waals surface area (Å²) in [6.45, 7) is 0.151. The zero-order valence-electron chi connectivity index (χ0n) is 19.4. The highest BCUT2D eigenvalue weighted by atomic mass is 16.6. The fourth-order valence-electron chi connectivity index (χ4n) is 4.90. The van der Waals surface area contributed by atoms with Gasteiger partial charge in [0.2, 0.25) is 0 Å². The van der Waals surface area contributed by atoms with E-state index in [0.717, 1.165) is 67.6 Å². The van der Waals surface area contributed by atoms with Crippen molar-refractivity contribution >= 4 is 12.1 Å². The summed E-state index contributed by atoms with van der Waals surface area (Å²) in [6, 6.07) is 7.91. The van der Waals surface area contributed by atoms with Crippen LogP contribution in [-0.4, -0.2) is 50.8 Å². The molecule has 2 aliphatic carbocycles. The predicted molar refractivity (Wildman–Crippen MR) is 123 cm³/mol. The van der Waals surface area contributed by atoms with Gasteiger partial charge in [0.15, 0.2) is 0 Å². The summed E-state index contributed by atoms with van der Waals surface area (Å²) < 4.78 is 13.5. The van der Waals surface area contributed by atoms with E-state index in [0.29, 0.717) is 6.42 Å². The van der Waals surface area contributed by atoms with Crippen LogP contribution in [0.25, 0.3) is 11.3 Å². The van der Waals surface area contributed by atoms with E-state index in [1.165, 1.54) is 0 Å². The molecule has 1 N–H and O–H groups in total. The van der Waals surface area contributed by atoms with Gasteiger partial charge in [-0.05, 0) is 62.8 Å². The van der Waals surface area contributed by atoms with Crippen molar-refractivity contribution < 1.29 is 24.2 Å². The maximum Gasteiger partial charge on any atom is 0.410 e. The molecule has 1 aromatic carbocycles. The van der Waals surface area contributed by atoms with E-state index in [4.69, 9.17) is 9.47 Å². The molecular weight excluding hydrogens is 422 g/mol. The van der Waals surface area contributed by atoms with Gasteiger partial charge in [-0.25, -0.2) is 9.78 Å². The normalized spacial score (nSPS) is 21.0. The number of carbonyl (C=O) groups is 2. The van der Waals surface area contributed by atoms with E-state index in [2.05, 4.69) is 4.98 Å². The van der Waals surface area contributed by atoms with Gasteiger partial charge in [-0.3, -0.25) is 4.79 Å². The lowest BCUT2D eigenvalue weighted by molar-refractivity contribution is -0.143. The Morgan fingerprint density at radius 2 is 1.85 bits per heavy atom. The predicted octanol–water partition coefficient (Wildman–Crippen LogP) is 4.62. The minimum absolute atomic E-state index is 0.0765. The van der Waals surface area contributed by atoms with E-state index in [9.17, 15) is 14.7 Å². The summed E-state index contributed by atoms with van der Waals surface area (Å²) in [5.41, 5.74) is 2.50. The van der Waals surface area contributed by atoms with Crippen LogP contribution in [0, 0.1) is 5.92 Å². The molecule has 0 bridgehead atoms. The Morgan fingerprint density at radius 1 is 1.12 bits per heavy atom. The minimum Gasteiger partial charge on any atom is -0.490 e. The fraction of sp³-hybridized carbons (Fsp3) is 0.560. The molecule has 4 rings (SSSR count). The van der Waals surface area contributed by atoms with Gasteiger partial charge >= 0.3 is 12.1 Å². The van der Waals surface area contributed by atoms with Crippen LogP contribution in [0.1, 0.15) is 57.1 Å². The molecule has 2 atom stereocenters. The maximum absolute atomic E-state index is 12.5. The highest BCUT2D eigenvalue weighted by molar-refractivity contribution is 5.70. The molecule has 1 heterocycles. The van der Waals surface area contributed by atoms with Gasteiger partial charge in [-0.15, -0.1) is 0 Å². The largest absolute Gasteiger partial charge is 0.490 e. The molecule has 0 radical (unpaired) electrons. The van der Waals surface area contributed by atoms with Gasteiger partial charge < -0.3 is 24.0 Å². The van der Waals surface area contributed by atoms with Crippen molar-refractivity contribution in [3.05, 3.63) is 36.3 Å². The molecule has 33 heavy (non-hydrogen) atoms. The molecule has 1 amide bonds. The van der Waals surface area contributed by atoms with Crippen LogP contribution >= 0.6 is 0 Å². The van der Waals surface area contributed by atoms with Crippen molar-refractivity contribution in [1.82, 2.24) is 14.5 Å². The number of amides is 1. The first-order valence-electron chi connectivity index (χ1n) is 11.8. The van der Waals surface area contributed by atoms with Crippen molar-refractivity contribution in [2.45, 2.75) is 70.1 Å². The summed E-state index contributed by atoms with van der Waals surface area (Å²) >= 11 is 0. The van der Waals surface area contributed by atoms with Crippen LogP contribution in [0.4, 0.5) is 4.79 Å². The third kappa shape index (κ3) is 5.49. The molecule has 2 fully saturated rings. The van der Waals surface area contributed by atoms with Crippen LogP contribution in [0.3, 0.4) is 0 Å². The van der Waals surface area contributed by atoms with Gasteiger partial charge in [0.05, 0.1) is 29.7 Å². The third-order valence-corrected chi connectivity index (χ3v) is 6.96. The molecule has 2 saturated carbocycles. The monoisotopic (exact) mass is 455 g/mol. The maximum atomic E-state index is 12.5. The first-order chi connectivity index (χ1) is 15.9. The Hall–Kier alpha value is -3.03. The zero-order chi connectivity index (χ0) is 23.4. The van der Waals surface area contributed by atoms with Gasteiger partial charge in [-0.2, -0.15) is 0 Å². The average molecular weight is 456 g/mol. The number of hydrogen-bond donors (Lipinski definition) is 1. The van der Waals surface area contributed by atoms with Crippen LogP contribution in [0.2, 0.25) is 0 Å². The molecule has 2 aliphatic rings. The van der Waals surface area contributed by atoms with Crippen molar-refractivity contribution in [2.75, 3.05) is 7.05 Å². The number of ether oxygens (including phenoxy) is 2. The number of hydrogen-bond acceptors (Lipinski definition) is 5. The number of carboxylic acids is 1. The van der Waals surface area contributed by atoms with Crippen LogP contribution in [0.15, 0.2) is 30.6 Å². The van der Waals surface area contributed by atoms with Crippen molar-refractivity contribution in [2.24, 2.45) is 13.0 Å². The lowest BCUT2D eigenvalue weighted by atomic mass is 9.87. The van der Waals surface area contributed by atoms with Gasteiger partial charge in [0.25, 0.3) is 0 Å². The number of aromatic nitrogens is 2. The Kier molecular flexibility index (Phi) is 7.20. The number of imidazole rings is 1. The molecule has 0 saturated heterocycles. The number of carboxylic acid groups (broad SMARTS) is 1. The second-order valence-corrected chi connectivity index (χ2v) is 9.22. The molecule has 178 valence electrons. The zero-order valence-corrected chi connectivity index (χ0v) is 19.4. The topological polar surface area (TPSA) is 93.9 Å². The second kappa shape index (κ2) is 10.3. The SMILES string of the molecule is CN(C(=O)OCc1c(-c2ccc(O[C@H]3CCC[C@H](C(=O)O)C3)cc2)ncn1C)C1CCCC1. The lowest BCUT2D eigenvalue weighted by Crippen LogP contribution is -2.35. The van der Waals surface area contributed by atoms with E-state index < -0.39 is 5.97 Å².